The van der Waals surface area contributed by atoms with Crippen LogP contribution in [-0.2, 0) is 33.7 Å². The van der Waals surface area contributed by atoms with E-state index in [0.717, 1.165) is 19.1 Å². The summed E-state index contributed by atoms with van der Waals surface area (Å²) in [6.45, 7) is 3.77. The van der Waals surface area contributed by atoms with Crippen LogP contribution in [0.1, 0.15) is 61.6 Å². The van der Waals surface area contributed by atoms with Gasteiger partial charge in [-0.1, -0.05) is 55.3 Å². The average molecular weight is 590 g/mol. The van der Waals surface area contributed by atoms with Crippen LogP contribution in [0.3, 0.4) is 0 Å². The number of ether oxygens (including phenoxy) is 1. The number of urea groups is 1. The van der Waals surface area contributed by atoms with Crippen LogP contribution in [0, 0.1) is 6.92 Å². The maximum atomic E-state index is 13.7. The lowest BCUT2D eigenvalue weighted by Gasteiger charge is -2.34. The van der Waals surface area contributed by atoms with Gasteiger partial charge in [-0.3, -0.25) is 15.0 Å². The van der Waals surface area contributed by atoms with Crippen molar-refractivity contribution in [3.05, 3.63) is 65.2 Å². The molecule has 1 fully saturated rings. The molecule has 12 nitrogen and oxygen atoms in total. The Hall–Kier alpha value is -3.52. The molecule has 13 heteroatoms. The van der Waals surface area contributed by atoms with Crippen molar-refractivity contribution in [2.24, 2.45) is 5.84 Å². The molecule has 0 radical (unpaired) electrons. The molecule has 3 rings (SSSR count). The molecular weight excluding hydrogens is 550 g/mol. The van der Waals surface area contributed by atoms with Gasteiger partial charge >= 0.3 is 6.03 Å². The number of hydrogen-bond acceptors (Lipinski definition) is 8. The van der Waals surface area contributed by atoms with Crippen LogP contribution < -0.4 is 27.4 Å². The van der Waals surface area contributed by atoms with E-state index in [1.165, 1.54) is 6.07 Å². The lowest BCUT2D eigenvalue weighted by atomic mass is 9.82. The Morgan fingerprint density at radius 3 is 2.49 bits per heavy atom. The van der Waals surface area contributed by atoms with Gasteiger partial charge in [-0.05, 0) is 49.4 Å². The van der Waals surface area contributed by atoms with Crippen molar-refractivity contribution in [1.82, 2.24) is 16.2 Å². The molecule has 2 aromatic rings. The summed E-state index contributed by atoms with van der Waals surface area (Å²) in [6, 6.07) is 13.0. The van der Waals surface area contributed by atoms with Gasteiger partial charge < -0.3 is 15.4 Å². The van der Waals surface area contributed by atoms with E-state index in [-0.39, 0.29) is 24.1 Å². The van der Waals surface area contributed by atoms with Crippen molar-refractivity contribution in [2.75, 3.05) is 24.7 Å². The van der Waals surface area contributed by atoms with Gasteiger partial charge in [0.15, 0.2) is 20.9 Å². The lowest BCUT2D eigenvalue weighted by Crippen LogP contribution is -2.53. The van der Waals surface area contributed by atoms with Gasteiger partial charge in [0.05, 0.1) is 5.92 Å². The monoisotopic (exact) mass is 589 g/mol. The number of rotatable bonds is 12. The summed E-state index contributed by atoms with van der Waals surface area (Å²) < 4.78 is 30.1. The number of nitrogens with two attached hydrogens (primary N) is 1. The predicted molar refractivity (Wildman–Crippen MR) is 154 cm³/mol. The minimum atomic E-state index is -4.12. The molecule has 4 amide bonds. The number of anilines is 1. The Morgan fingerprint density at radius 2 is 1.88 bits per heavy atom. The zero-order valence-electron chi connectivity index (χ0n) is 23.6. The van der Waals surface area contributed by atoms with Crippen molar-refractivity contribution < 1.29 is 32.4 Å². The molecule has 1 aliphatic heterocycles. The minimum absolute atomic E-state index is 0.0897. The number of hydrazine groups is 1. The molecule has 224 valence electrons. The number of hydroxylamine groups is 1. The molecule has 0 saturated carbocycles. The normalized spacial score (nSPS) is 17.5. The first-order valence-corrected chi connectivity index (χ1v) is 15.4. The van der Waals surface area contributed by atoms with Gasteiger partial charge in [0, 0.05) is 31.5 Å². The van der Waals surface area contributed by atoms with Crippen molar-refractivity contribution in [1.29, 1.82) is 0 Å². The standard InChI is InChI=1S/C28H39N5O7S/c1-4-15-28(26(35)32-29,41(3,37)38)23-14-13-19(2)17-21(23)22(25(34)33-40-24-12-8-9-16-39-24)18-30-27(36)31-20-10-6-5-7-11-20/h5-7,10-11,13-14,17,22,24H,4,8-9,12,15-16,18,29H2,1-3H3,(H,32,35)(H,33,34)(H2,30,31,36)/t22-,24?,28+/m0/s1. The predicted octanol–water partition coefficient (Wildman–Crippen LogP) is 2.50. The molecule has 41 heavy (non-hydrogen) atoms. The number of aryl methyl sites for hydroxylation is 1. The fourth-order valence-electron chi connectivity index (χ4n) is 4.97. The van der Waals surface area contributed by atoms with E-state index in [0.29, 0.717) is 30.7 Å². The van der Waals surface area contributed by atoms with Crippen LogP contribution in [0.15, 0.2) is 48.5 Å². The minimum Gasteiger partial charge on any atom is -0.350 e. The van der Waals surface area contributed by atoms with E-state index in [4.69, 9.17) is 15.4 Å². The number of amides is 4. The van der Waals surface area contributed by atoms with Gasteiger partial charge in [-0.25, -0.2) is 29.4 Å². The highest BCUT2D eigenvalue weighted by molar-refractivity contribution is 7.92. The van der Waals surface area contributed by atoms with E-state index in [2.05, 4.69) is 16.1 Å². The first-order chi connectivity index (χ1) is 19.5. The smallest absolute Gasteiger partial charge is 0.319 e. The summed E-state index contributed by atoms with van der Waals surface area (Å²) in [4.78, 5) is 45.2. The highest BCUT2D eigenvalue weighted by Gasteiger charge is 2.51. The van der Waals surface area contributed by atoms with Crippen LogP contribution >= 0.6 is 0 Å². The second-order valence-electron chi connectivity index (χ2n) is 10.0. The number of benzene rings is 2. The molecule has 6 N–H and O–H groups in total. The van der Waals surface area contributed by atoms with Crippen LogP contribution in [0.5, 0.6) is 0 Å². The number of sulfone groups is 1. The molecule has 1 aliphatic rings. The highest BCUT2D eigenvalue weighted by atomic mass is 32.2. The molecule has 1 unspecified atom stereocenters. The number of nitrogens with one attached hydrogen (secondary N) is 4. The van der Waals surface area contributed by atoms with Gasteiger partial charge in [0.25, 0.3) is 11.8 Å². The first kappa shape index (κ1) is 32.0. The third-order valence-electron chi connectivity index (χ3n) is 6.99. The lowest BCUT2D eigenvalue weighted by molar-refractivity contribution is -0.201. The number of carbonyl (C=O) groups is 3. The molecule has 0 spiro atoms. The molecule has 0 bridgehead atoms. The Bertz CT molecular complexity index is 1320. The fraction of sp³-hybridized carbons (Fsp3) is 0.464. The summed E-state index contributed by atoms with van der Waals surface area (Å²) in [5, 5.41) is 5.38. The van der Waals surface area contributed by atoms with Gasteiger partial charge in [-0.15, -0.1) is 0 Å². The maximum absolute atomic E-state index is 13.7. The van der Waals surface area contributed by atoms with Crippen LogP contribution in [0.25, 0.3) is 0 Å². The molecule has 0 aromatic heterocycles. The number of hydrogen-bond donors (Lipinski definition) is 5. The summed E-state index contributed by atoms with van der Waals surface area (Å²) in [5.41, 5.74) is 6.01. The topological polar surface area (TPSA) is 178 Å². The van der Waals surface area contributed by atoms with Gasteiger partial charge in [-0.2, -0.15) is 0 Å². The van der Waals surface area contributed by atoms with Crippen LogP contribution in [-0.4, -0.2) is 52.0 Å². The summed E-state index contributed by atoms with van der Waals surface area (Å²) in [7, 11) is -4.12. The summed E-state index contributed by atoms with van der Waals surface area (Å²) in [6.07, 6.45) is 2.90. The molecule has 3 atom stereocenters. The highest BCUT2D eigenvalue weighted by Crippen LogP contribution is 2.40. The molecule has 0 aliphatic carbocycles. The van der Waals surface area contributed by atoms with E-state index < -0.39 is 44.6 Å². The Labute approximate surface area is 240 Å². The zero-order valence-corrected chi connectivity index (χ0v) is 24.4. The Balaban J connectivity index is 2.05. The number of para-hydroxylation sites is 1. The molecular formula is C28H39N5O7S. The first-order valence-electron chi connectivity index (χ1n) is 13.5. The third kappa shape index (κ3) is 7.82. The Morgan fingerprint density at radius 1 is 1.15 bits per heavy atom. The SMILES string of the molecule is CCC[C@](C(=O)NN)(c1ccc(C)cc1[C@H](CNC(=O)Nc1ccccc1)C(=O)NOC1CCCCO1)S(C)(=O)=O. The van der Waals surface area contributed by atoms with Crippen LogP contribution in [0.2, 0.25) is 0 Å². The van der Waals surface area contributed by atoms with E-state index in [1.807, 2.05) is 5.43 Å². The molecule has 1 heterocycles. The van der Waals surface area contributed by atoms with Gasteiger partial charge in [0.2, 0.25) is 0 Å². The van der Waals surface area contributed by atoms with Crippen molar-refractivity contribution in [3.63, 3.8) is 0 Å². The van der Waals surface area contributed by atoms with Crippen molar-refractivity contribution in [2.45, 2.75) is 62.9 Å². The zero-order chi connectivity index (χ0) is 30.0. The third-order valence-corrected chi connectivity index (χ3v) is 8.87. The summed E-state index contributed by atoms with van der Waals surface area (Å²) in [5.74, 6) is 2.77. The van der Waals surface area contributed by atoms with Crippen molar-refractivity contribution in [3.8, 4) is 0 Å². The maximum Gasteiger partial charge on any atom is 0.319 e. The Kier molecular flexibility index (Phi) is 11.2. The average Bonchev–Trinajstić information content (AvgIpc) is 2.95. The van der Waals surface area contributed by atoms with E-state index >= 15 is 0 Å². The summed E-state index contributed by atoms with van der Waals surface area (Å²) >= 11 is 0. The van der Waals surface area contributed by atoms with E-state index in [9.17, 15) is 22.8 Å². The molecule has 1 saturated heterocycles. The number of carbonyl (C=O) groups excluding carboxylic acids is 3. The quantitative estimate of drug-likeness (QED) is 0.142. The second-order valence-corrected chi connectivity index (χ2v) is 12.3. The second kappa shape index (κ2) is 14.4. The van der Waals surface area contributed by atoms with Gasteiger partial charge in [0.1, 0.15) is 0 Å². The van der Waals surface area contributed by atoms with Crippen molar-refractivity contribution >= 4 is 33.4 Å². The largest absolute Gasteiger partial charge is 0.350 e. The van der Waals surface area contributed by atoms with Crippen LogP contribution in [0.4, 0.5) is 10.5 Å². The fourth-order valence-corrected chi connectivity index (χ4v) is 6.52. The van der Waals surface area contributed by atoms with E-state index in [1.54, 1.807) is 56.3 Å². The molecule has 2 aromatic carbocycles.